The normalized spacial score (nSPS) is 37.6. The number of carbonyl (C=O) groups excluding carboxylic acids is 1. The highest BCUT2D eigenvalue weighted by Crippen LogP contribution is 2.48. The van der Waals surface area contributed by atoms with Gasteiger partial charge in [-0.05, 0) is 63.4 Å². The van der Waals surface area contributed by atoms with E-state index in [4.69, 9.17) is 9.47 Å². The molecular weight excluding hydrogens is 516 g/mol. The molecular formula is C32H46N6O3. The molecule has 7 unspecified atom stereocenters. The first-order valence-corrected chi connectivity index (χ1v) is 15.6. The van der Waals surface area contributed by atoms with Crippen LogP contribution in [0.15, 0.2) is 36.9 Å². The number of rotatable bonds is 6. The molecule has 6 rings (SSSR count). The number of ether oxygens (including phenoxy) is 2. The Bertz CT molecular complexity index is 1160. The number of piperazine rings is 1. The summed E-state index contributed by atoms with van der Waals surface area (Å²) in [5.41, 5.74) is 1.11. The number of likely N-dealkylation sites (tertiary alicyclic amines) is 1. The molecule has 2 N–H and O–H groups in total. The highest BCUT2D eigenvalue weighted by atomic mass is 16.5. The van der Waals surface area contributed by atoms with Crippen LogP contribution in [0.25, 0.3) is 0 Å². The van der Waals surface area contributed by atoms with Gasteiger partial charge < -0.3 is 19.3 Å². The van der Waals surface area contributed by atoms with Gasteiger partial charge in [-0.2, -0.15) is 5.26 Å². The Labute approximate surface area is 244 Å². The van der Waals surface area contributed by atoms with Gasteiger partial charge in [0.25, 0.3) is 0 Å². The lowest BCUT2D eigenvalue weighted by Crippen LogP contribution is -2.73. The average Bonchev–Trinajstić information content (AvgIpc) is 3.40. The number of nitrogens with zero attached hydrogens (tertiary/aromatic N) is 4. The first kappa shape index (κ1) is 28.6. The number of fused-ring (bicyclic) bond motifs is 2. The standard InChI is InChI=1S/C32H46N6O3/c1-4-29(39)38-17-16-37(20-24(38)12-14-33)30-26-11-13-32(22(2)18-23-8-5-6-10-28(23)41-32)19-27(26)34-31(35-30)40-21-25-9-7-15-36(25)3/h4-6,8,10,22,24-27,30-31,34-35H,1,7,9,11-13,15-21H2,2-3H3/t22?,24?,25?,26?,27?,30?,31?,32-/m1/s1. The molecule has 3 saturated heterocycles. The van der Waals surface area contributed by atoms with Crippen molar-refractivity contribution in [2.24, 2.45) is 11.8 Å². The maximum Gasteiger partial charge on any atom is 0.246 e. The predicted molar refractivity (Wildman–Crippen MR) is 157 cm³/mol. The number of benzene rings is 1. The second kappa shape index (κ2) is 12.0. The van der Waals surface area contributed by atoms with Crippen LogP contribution in [0, 0.1) is 23.2 Å². The number of likely N-dealkylation sites (N-methyl/N-ethyl adjacent to an activating group) is 1. The summed E-state index contributed by atoms with van der Waals surface area (Å²) in [5, 5.41) is 17.2. The molecule has 222 valence electrons. The van der Waals surface area contributed by atoms with E-state index in [1.807, 2.05) is 4.90 Å². The van der Waals surface area contributed by atoms with Crippen LogP contribution in [0.4, 0.5) is 0 Å². The first-order chi connectivity index (χ1) is 19.9. The van der Waals surface area contributed by atoms with Gasteiger partial charge in [-0.15, -0.1) is 0 Å². The molecule has 0 radical (unpaired) electrons. The van der Waals surface area contributed by atoms with Crippen molar-refractivity contribution in [2.45, 2.75) is 88.1 Å². The fourth-order valence-corrected chi connectivity index (χ4v) is 8.16. The van der Waals surface area contributed by atoms with Crippen LogP contribution in [0.5, 0.6) is 5.75 Å². The van der Waals surface area contributed by atoms with E-state index in [1.165, 1.54) is 24.5 Å². The van der Waals surface area contributed by atoms with Crippen molar-refractivity contribution in [2.75, 3.05) is 39.8 Å². The van der Waals surface area contributed by atoms with E-state index >= 15 is 0 Å². The molecule has 4 heterocycles. The van der Waals surface area contributed by atoms with Gasteiger partial charge in [-0.25, -0.2) is 0 Å². The number of hydrogen-bond acceptors (Lipinski definition) is 8. The van der Waals surface area contributed by atoms with Gasteiger partial charge in [0.1, 0.15) is 11.4 Å². The number of carbonyl (C=O) groups is 1. The number of para-hydroxylation sites is 1. The third-order valence-corrected chi connectivity index (χ3v) is 10.6. The summed E-state index contributed by atoms with van der Waals surface area (Å²) in [7, 11) is 2.19. The van der Waals surface area contributed by atoms with Crippen LogP contribution in [0.2, 0.25) is 0 Å². The van der Waals surface area contributed by atoms with E-state index in [-0.39, 0.29) is 36.1 Å². The minimum atomic E-state index is -0.265. The van der Waals surface area contributed by atoms with E-state index < -0.39 is 0 Å². The number of nitriles is 1. The fourth-order valence-electron chi connectivity index (χ4n) is 8.16. The molecule has 1 amide bonds. The quantitative estimate of drug-likeness (QED) is 0.512. The molecule has 1 spiro atoms. The zero-order valence-electron chi connectivity index (χ0n) is 24.6. The molecule has 5 aliphatic rings. The van der Waals surface area contributed by atoms with Gasteiger partial charge in [0, 0.05) is 50.0 Å². The summed E-state index contributed by atoms with van der Waals surface area (Å²) in [6.07, 6.45) is 7.93. The maximum atomic E-state index is 12.6. The number of amides is 1. The molecule has 9 nitrogen and oxygen atoms in total. The average molecular weight is 563 g/mol. The first-order valence-electron chi connectivity index (χ1n) is 15.6. The Kier molecular flexibility index (Phi) is 8.39. The Hall–Kier alpha value is -2.48. The number of hydrogen-bond donors (Lipinski definition) is 2. The Morgan fingerprint density at radius 1 is 1.24 bits per heavy atom. The van der Waals surface area contributed by atoms with Crippen LogP contribution < -0.4 is 15.4 Å². The molecule has 41 heavy (non-hydrogen) atoms. The lowest BCUT2D eigenvalue weighted by Gasteiger charge is -2.57. The molecule has 9 heteroatoms. The smallest absolute Gasteiger partial charge is 0.246 e. The lowest BCUT2D eigenvalue weighted by atomic mass is 9.66. The highest BCUT2D eigenvalue weighted by Gasteiger charge is 2.53. The summed E-state index contributed by atoms with van der Waals surface area (Å²) in [5.74, 6) is 1.74. The number of nitrogens with one attached hydrogen (secondary N) is 2. The van der Waals surface area contributed by atoms with Crippen LogP contribution >= 0.6 is 0 Å². The largest absolute Gasteiger partial charge is 0.487 e. The lowest BCUT2D eigenvalue weighted by molar-refractivity contribution is -0.143. The summed E-state index contributed by atoms with van der Waals surface area (Å²) >= 11 is 0. The Morgan fingerprint density at radius 3 is 2.88 bits per heavy atom. The second-order valence-electron chi connectivity index (χ2n) is 12.9. The van der Waals surface area contributed by atoms with Crippen molar-refractivity contribution in [3.63, 3.8) is 0 Å². The van der Waals surface area contributed by atoms with Gasteiger partial charge >= 0.3 is 0 Å². The van der Waals surface area contributed by atoms with Gasteiger partial charge in [-0.3, -0.25) is 20.3 Å². The van der Waals surface area contributed by atoms with Crippen molar-refractivity contribution in [3.05, 3.63) is 42.5 Å². The van der Waals surface area contributed by atoms with Gasteiger partial charge in [0.2, 0.25) is 5.91 Å². The van der Waals surface area contributed by atoms with Crippen molar-refractivity contribution in [1.29, 1.82) is 5.26 Å². The Morgan fingerprint density at radius 2 is 2.10 bits per heavy atom. The van der Waals surface area contributed by atoms with Crippen LogP contribution in [-0.4, -0.2) is 96.7 Å². The summed E-state index contributed by atoms with van der Waals surface area (Å²) in [6, 6.07) is 11.3. The molecule has 1 aromatic carbocycles. The molecule has 4 fully saturated rings. The third-order valence-electron chi connectivity index (χ3n) is 10.6. The molecule has 1 saturated carbocycles. The zero-order chi connectivity index (χ0) is 28.6. The predicted octanol–water partition coefficient (Wildman–Crippen LogP) is 2.69. The molecule has 0 aromatic heterocycles. The van der Waals surface area contributed by atoms with Crippen molar-refractivity contribution in [1.82, 2.24) is 25.3 Å². The highest BCUT2D eigenvalue weighted by molar-refractivity contribution is 5.87. The molecule has 8 atom stereocenters. The van der Waals surface area contributed by atoms with Crippen LogP contribution in [0.1, 0.15) is 51.0 Å². The molecule has 4 aliphatic heterocycles. The summed E-state index contributed by atoms with van der Waals surface area (Å²) < 4.78 is 13.4. The van der Waals surface area contributed by atoms with Crippen molar-refractivity contribution >= 4 is 5.91 Å². The Balaban J connectivity index is 1.22. The SMILES string of the molecule is C=CC(=O)N1CCN(C2NC(OCC3CCCN3C)NC3C[C@@]4(CCC32)Oc2ccccc2CC4C)CC1CC#N. The fraction of sp³-hybridized carbons (Fsp3) is 0.688. The van der Waals surface area contributed by atoms with E-state index in [2.05, 4.69) is 71.3 Å². The van der Waals surface area contributed by atoms with Gasteiger partial charge in [0.05, 0.1) is 31.3 Å². The maximum absolute atomic E-state index is 12.6. The van der Waals surface area contributed by atoms with Gasteiger partial charge in [-0.1, -0.05) is 31.7 Å². The summed E-state index contributed by atoms with van der Waals surface area (Å²) in [4.78, 5) is 19.2. The topological polar surface area (TPSA) is 93.1 Å². The monoisotopic (exact) mass is 562 g/mol. The van der Waals surface area contributed by atoms with Gasteiger partial charge in [0.15, 0.2) is 6.35 Å². The van der Waals surface area contributed by atoms with E-state index in [0.29, 0.717) is 44.0 Å². The van der Waals surface area contributed by atoms with E-state index in [0.717, 1.165) is 44.5 Å². The minimum absolute atomic E-state index is 0.0914. The van der Waals surface area contributed by atoms with Crippen LogP contribution in [0.3, 0.4) is 0 Å². The van der Waals surface area contributed by atoms with Crippen LogP contribution in [-0.2, 0) is 16.0 Å². The van der Waals surface area contributed by atoms with Crippen molar-refractivity contribution in [3.8, 4) is 11.8 Å². The third kappa shape index (κ3) is 5.65. The van der Waals surface area contributed by atoms with Crippen molar-refractivity contribution < 1.29 is 14.3 Å². The molecule has 0 bridgehead atoms. The van der Waals surface area contributed by atoms with E-state index in [1.54, 1.807) is 0 Å². The minimum Gasteiger partial charge on any atom is -0.487 e. The molecule has 1 aromatic rings. The summed E-state index contributed by atoms with van der Waals surface area (Å²) in [6.45, 7) is 9.86. The zero-order valence-corrected chi connectivity index (χ0v) is 24.6. The van der Waals surface area contributed by atoms with E-state index in [9.17, 15) is 10.1 Å². The molecule has 1 aliphatic carbocycles. The second-order valence-corrected chi connectivity index (χ2v) is 12.9.